The molecule has 1 atom stereocenters. The molecule has 0 aliphatic carbocycles. The lowest BCUT2D eigenvalue weighted by Crippen LogP contribution is -2.52. The van der Waals surface area contributed by atoms with Gasteiger partial charge < -0.3 is 10.2 Å². The van der Waals surface area contributed by atoms with E-state index in [-0.39, 0.29) is 23.1 Å². The van der Waals surface area contributed by atoms with E-state index in [1.165, 1.54) is 17.7 Å². The van der Waals surface area contributed by atoms with E-state index in [2.05, 4.69) is 39.8 Å². The molecule has 27 heavy (non-hydrogen) atoms. The molecular weight excluding hydrogens is 344 g/mol. The Morgan fingerprint density at radius 2 is 1.96 bits per heavy atom. The van der Waals surface area contributed by atoms with Crippen molar-refractivity contribution >= 4 is 11.8 Å². The van der Waals surface area contributed by atoms with Crippen LogP contribution in [0.1, 0.15) is 40.9 Å². The zero-order chi connectivity index (χ0) is 19.2. The van der Waals surface area contributed by atoms with Gasteiger partial charge in [0.05, 0.1) is 0 Å². The number of rotatable bonds is 5. The van der Waals surface area contributed by atoms with Gasteiger partial charge in [-0.3, -0.25) is 14.4 Å². The molecule has 1 fully saturated rings. The number of aromatic nitrogens is 2. The van der Waals surface area contributed by atoms with Crippen molar-refractivity contribution in [3.05, 3.63) is 63.6 Å². The molecule has 1 saturated heterocycles. The van der Waals surface area contributed by atoms with Gasteiger partial charge in [-0.05, 0) is 44.2 Å². The zero-order valence-electron chi connectivity index (χ0n) is 15.4. The van der Waals surface area contributed by atoms with E-state index in [4.69, 9.17) is 0 Å². The number of hydrogen-bond donors (Lipinski definition) is 2. The van der Waals surface area contributed by atoms with E-state index in [0.717, 1.165) is 24.8 Å². The SMILES string of the molecule is Cc1ccc(CCNC(=O)C2CCCCN2C(=O)c2ccc(=O)[nH]n2)cc1. The molecule has 1 aliphatic rings. The van der Waals surface area contributed by atoms with Gasteiger partial charge in [-0.15, -0.1) is 0 Å². The summed E-state index contributed by atoms with van der Waals surface area (Å²) in [7, 11) is 0. The summed E-state index contributed by atoms with van der Waals surface area (Å²) in [6, 6.07) is 10.4. The van der Waals surface area contributed by atoms with E-state index < -0.39 is 6.04 Å². The average molecular weight is 368 g/mol. The summed E-state index contributed by atoms with van der Waals surface area (Å²) in [4.78, 5) is 38.1. The van der Waals surface area contributed by atoms with Crippen LogP contribution < -0.4 is 10.9 Å². The minimum Gasteiger partial charge on any atom is -0.354 e. The Bertz CT molecular complexity index is 840. The number of nitrogens with zero attached hydrogens (tertiary/aromatic N) is 2. The Kier molecular flexibility index (Phi) is 6.01. The van der Waals surface area contributed by atoms with Crippen LogP contribution in [0.2, 0.25) is 0 Å². The van der Waals surface area contributed by atoms with Crippen LogP contribution in [0.15, 0.2) is 41.2 Å². The van der Waals surface area contributed by atoms with Crippen LogP contribution in [0.4, 0.5) is 0 Å². The van der Waals surface area contributed by atoms with Crippen molar-refractivity contribution in [3.8, 4) is 0 Å². The Hall–Kier alpha value is -2.96. The Morgan fingerprint density at radius 3 is 2.67 bits per heavy atom. The summed E-state index contributed by atoms with van der Waals surface area (Å²) in [5, 5.41) is 9.01. The van der Waals surface area contributed by atoms with E-state index >= 15 is 0 Å². The third kappa shape index (κ3) is 4.81. The summed E-state index contributed by atoms with van der Waals surface area (Å²) in [6.45, 7) is 3.07. The normalized spacial score (nSPS) is 16.8. The maximum absolute atomic E-state index is 12.7. The van der Waals surface area contributed by atoms with Crippen molar-refractivity contribution in [2.75, 3.05) is 13.1 Å². The van der Waals surface area contributed by atoms with Gasteiger partial charge >= 0.3 is 0 Å². The highest BCUT2D eigenvalue weighted by atomic mass is 16.2. The predicted octanol–water partition coefficient (Wildman–Crippen LogP) is 1.43. The first-order chi connectivity index (χ1) is 13.0. The number of piperidine rings is 1. The van der Waals surface area contributed by atoms with E-state index in [9.17, 15) is 14.4 Å². The summed E-state index contributed by atoms with van der Waals surface area (Å²) in [5.41, 5.74) is 2.15. The third-order valence-corrected chi connectivity index (χ3v) is 4.80. The monoisotopic (exact) mass is 368 g/mol. The lowest BCUT2D eigenvalue weighted by atomic mass is 10.0. The second-order valence-corrected chi connectivity index (χ2v) is 6.84. The molecule has 1 unspecified atom stereocenters. The highest BCUT2D eigenvalue weighted by Gasteiger charge is 2.33. The molecule has 2 amide bonds. The number of aryl methyl sites for hydroxylation is 1. The molecule has 2 heterocycles. The van der Waals surface area contributed by atoms with Crippen LogP contribution in [0, 0.1) is 6.92 Å². The first-order valence-electron chi connectivity index (χ1n) is 9.24. The van der Waals surface area contributed by atoms with Gasteiger partial charge in [-0.25, -0.2) is 5.10 Å². The Labute approximate surface area is 157 Å². The van der Waals surface area contributed by atoms with Crippen LogP contribution in [0.25, 0.3) is 0 Å². The summed E-state index contributed by atoms with van der Waals surface area (Å²) < 4.78 is 0. The molecule has 0 spiro atoms. The van der Waals surface area contributed by atoms with Gasteiger partial charge in [-0.2, -0.15) is 5.10 Å². The zero-order valence-corrected chi connectivity index (χ0v) is 15.4. The minimum atomic E-state index is -0.502. The molecule has 0 saturated carbocycles. The number of likely N-dealkylation sites (tertiary alicyclic amines) is 1. The number of H-pyrrole nitrogens is 1. The second kappa shape index (κ2) is 8.62. The first kappa shape index (κ1) is 18.8. The van der Waals surface area contributed by atoms with Gasteiger partial charge in [0.2, 0.25) is 5.91 Å². The molecule has 0 radical (unpaired) electrons. The first-order valence-corrected chi connectivity index (χ1v) is 9.24. The summed E-state index contributed by atoms with van der Waals surface area (Å²) in [6.07, 6.45) is 3.13. The molecule has 1 aromatic carbocycles. The maximum Gasteiger partial charge on any atom is 0.274 e. The molecule has 0 bridgehead atoms. The molecule has 2 N–H and O–H groups in total. The van der Waals surface area contributed by atoms with Crippen LogP contribution in [-0.2, 0) is 11.2 Å². The highest BCUT2D eigenvalue weighted by molar-refractivity contribution is 5.96. The molecule has 1 aliphatic heterocycles. The fraction of sp³-hybridized carbons (Fsp3) is 0.400. The lowest BCUT2D eigenvalue weighted by molar-refractivity contribution is -0.126. The molecule has 7 heteroatoms. The minimum absolute atomic E-state index is 0.139. The van der Waals surface area contributed by atoms with E-state index in [1.807, 2.05) is 6.92 Å². The van der Waals surface area contributed by atoms with Gasteiger partial charge in [0, 0.05) is 19.2 Å². The Morgan fingerprint density at radius 1 is 1.19 bits per heavy atom. The predicted molar refractivity (Wildman–Crippen MR) is 101 cm³/mol. The van der Waals surface area contributed by atoms with E-state index in [1.54, 1.807) is 4.90 Å². The average Bonchev–Trinajstić information content (AvgIpc) is 2.69. The van der Waals surface area contributed by atoms with Crippen molar-refractivity contribution in [2.45, 2.75) is 38.6 Å². The number of carbonyl (C=O) groups excluding carboxylic acids is 2. The van der Waals surface area contributed by atoms with Gasteiger partial charge in [0.25, 0.3) is 11.5 Å². The van der Waals surface area contributed by atoms with Gasteiger partial charge in [0.15, 0.2) is 0 Å². The molecule has 1 aromatic heterocycles. The number of hydrogen-bond acceptors (Lipinski definition) is 4. The number of amides is 2. The van der Waals surface area contributed by atoms with E-state index in [0.29, 0.717) is 19.5 Å². The third-order valence-electron chi connectivity index (χ3n) is 4.80. The quantitative estimate of drug-likeness (QED) is 0.835. The summed E-state index contributed by atoms with van der Waals surface area (Å²) in [5.74, 6) is -0.468. The van der Waals surface area contributed by atoms with Crippen LogP contribution in [0.3, 0.4) is 0 Å². The molecule has 142 valence electrons. The number of benzene rings is 1. The molecule has 2 aromatic rings. The van der Waals surface area contributed by atoms with Crippen molar-refractivity contribution < 1.29 is 9.59 Å². The van der Waals surface area contributed by atoms with Crippen molar-refractivity contribution in [3.63, 3.8) is 0 Å². The number of carbonyl (C=O) groups is 2. The summed E-state index contributed by atoms with van der Waals surface area (Å²) >= 11 is 0. The number of nitrogens with one attached hydrogen (secondary N) is 2. The Balaban J connectivity index is 1.61. The number of aromatic amines is 1. The van der Waals surface area contributed by atoms with Crippen molar-refractivity contribution in [2.24, 2.45) is 0 Å². The van der Waals surface area contributed by atoms with Crippen molar-refractivity contribution in [1.29, 1.82) is 0 Å². The maximum atomic E-state index is 12.7. The molecule has 3 rings (SSSR count). The van der Waals surface area contributed by atoms with Gasteiger partial charge in [0.1, 0.15) is 11.7 Å². The standard InChI is InChI=1S/C20H24N4O3/c1-14-5-7-15(8-6-14)11-12-21-19(26)17-4-2-3-13-24(17)20(27)16-9-10-18(25)23-22-16/h5-10,17H,2-4,11-13H2,1H3,(H,21,26)(H,23,25). The van der Waals surface area contributed by atoms with Crippen LogP contribution >= 0.6 is 0 Å². The van der Waals surface area contributed by atoms with Gasteiger partial charge in [-0.1, -0.05) is 29.8 Å². The second-order valence-electron chi connectivity index (χ2n) is 6.84. The highest BCUT2D eigenvalue weighted by Crippen LogP contribution is 2.19. The molecule has 7 nitrogen and oxygen atoms in total. The smallest absolute Gasteiger partial charge is 0.274 e. The van der Waals surface area contributed by atoms with Crippen molar-refractivity contribution in [1.82, 2.24) is 20.4 Å². The topological polar surface area (TPSA) is 95.2 Å². The fourth-order valence-corrected chi connectivity index (χ4v) is 3.26. The van der Waals surface area contributed by atoms with Crippen LogP contribution in [-0.4, -0.2) is 46.0 Å². The fourth-order valence-electron chi connectivity index (χ4n) is 3.26. The largest absolute Gasteiger partial charge is 0.354 e. The molecular formula is C20H24N4O3. The van der Waals surface area contributed by atoms with Crippen LogP contribution in [0.5, 0.6) is 0 Å². The lowest BCUT2D eigenvalue weighted by Gasteiger charge is -2.34.